The van der Waals surface area contributed by atoms with E-state index < -0.39 is 0 Å². The molecule has 0 bridgehead atoms. The van der Waals surface area contributed by atoms with Crippen molar-refractivity contribution in [2.24, 2.45) is 0 Å². The summed E-state index contributed by atoms with van der Waals surface area (Å²) in [5, 5.41) is 21.7. The third-order valence-corrected chi connectivity index (χ3v) is 1.67. The fourth-order valence-electron chi connectivity index (χ4n) is 1.16. The smallest absolute Gasteiger partial charge is 0.337 e. The lowest BCUT2D eigenvalue weighted by Crippen LogP contribution is -1.86. The van der Waals surface area contributed by atoms with Gasteiger partial charge in [0.1, 0.15) is 11.3 Å². The van der Waals surface area contributed by atoms with Crippen LogP contribution in [0.15, 0.2) is 12.1 Å². The molecule has 0 spiro atoms. The number of phenolic OH excluding ortho intramolecular Hbond substituents is 1. The van der Waals surface area contributed by atoms with Gasteiger partial charge < -0.3 is 10.3 Å². The molecule has 0 aliphatic rings. The van der Waals surface area contributed by atoms with Crippen LogP contribution in [0.3, 0.4) is 0 Å². The quantitative estimate of drug-likeness (QED) is 0.596. The van der Waals surface area contributed by atoms with Crippen LogP contribution >= 0.6 is 0 Å². The SMILES string of the molecule is Cc1cc(O)cc(C)c1C#[N+][O-]. The number of benzene rings is 1. The molecule has 1 N–H and O–H groups in total. The van der Waals surface area contributed by atoms with Gasteiger partial charge >= 0.3 is 6.07 Å². The summed E-state index contributed by atoms with van der Waals surface area (Å²) >= 11 is 0. The summed E-state index contributed by atoms with van der Waals surface area (Å²) in [7, 11) is 0. The molecule has 0 aliphatic heterocycles. The topological polar surface area (TPSA) is 47.6 Å². The van der Waals surface area contributed by atoms with Crippen molar-refractivity contribution in [1.82, 2.24) is 0 Å². The highest BCUT2D eigenvalue weighted by Gasteiger charge is 2.06. The second kappa shape index (κ2) is 3.14. The lowest BCUT2D eigenvalue weighted by molar-refractivity contribution is 0.474. The molecule has 12 heavy (non-hydrogen) atoms. The van der Waals surface area contributed by atoms with Gasteiger partial charge in [0.15, 0.2) is 0 Å². The van der Waals surface area contributed by atoms with Crippen molar-refractivity contribution in [2.75, 3.05) is 0 Å². The van der Waals surface area contributed by atoms with E-state index in [2.05, 4.69) is 11.1 Å². The highest BCUT2D eigenvalue weighted by Crippen LogP contribution is 2.19. The van der Waals surface area contributed by atoms with Crippen molar-refractivity contribution in [1.29, 1.82) is 0 Å². The van der Waals surface area contributed by atoms with Gasteiger partial charge in [-0.15, -0.1) is 0 Å². The number of nitrogens with zero attached hydrogens (tertiary/aromatic N) is 1. The van der Waals surface area contributed by atoms with E-state index in [1.807, 2.05) is 0 Å². The predicted octanol–water partition coefficient (Wildman–Crippen LogP) is 2.19. The summed E-state index contributed by atoms with van der Waals surface area (Å²) < 4.78 is 0. The lowest BCUT2D eigenvalue weighted by atomic mass is 10.0. The minimum atomic E-state index is 0.196. The van der Waals surface area contributed by atoms with Crippen LogP contribution in [-0.4, -0.2) is 5.11 Å². The normalized spacial score (nSPS) is 8.83. The maximum atomic E-state index is 9.94. The fraction of sp³-hybridized carbons (Fsp3) is 0.222. The lowest BCUT2D eigenvalue weighted by Gasteiger charge is -1.99. The van der Waals surface area contributed by atoms with E-state index >= 15 is 0 Å². The number of hydrogen-bond donors (Lipinski definition) is 1. The molecule has 0 saturated heterocycles. The van der Waals surface area contributed by atoms with Gasteiger partial charge in [-0.3, -0.25) is 0 Å². The van der Waals surface area contributed by atoms with Crippen LogP contribution in [0.1, 0.15) is 16.7 Å². The van der Waals surface area contributed by atoms with E-state index in [9.17, 15) is 5.21 Å². The van der Waals surface area contributed by atoms with Crippen LogP contribution < -0.4 is 0 Å². The number of aromatic hydroxyl groups is 1. The fourth-order valence-corrected chi connectivity index (χ4v) is 1.16. The van der Waals surface area contributed by atoms with Crippen LogP contribution in [0.5, 0.6) is 5.75 Å². The molecule has 1 aromatic carbocycles. The van der Waals surface area contributed by atoms with E-state index in [0.717, 1.165) is 11.1 Å². The highest BCUT2D eigenvalue weighted by atomic mass is 16.4. The first-order chi connectivity index (χ1) is 5.65. The van der Waals surface area contributed by atoms with E-state index in [1.54, 1.807) is 26.0 Å². The summed E-state index contributed by atoms with van der Waals surface area (Å²) in [5.41, 5.74) is 2.25. The van der Waals surface area contributed by atoms with Gasteiger partial charge in [-0.25, -0.2) is 0 Å². The monoisotopic (exact) mass is 163 g/mol. The molecule has 3 heteroatoms. The Balaban J connectivity index is 3.34. The largest absolute Gasteiger partial charge is 0.508 e. The van der Waals surface area contributed by atoms with Crippen molar-refractivity contribution in [2.45, 2.75) is 13.8 Å². The number of rotatable bonds is 0. The van der Waals surface area contributed by atoms with Crippen LogP contribution in [0, 0.1) is 25.1 Å². The zero-order chi connectivity index (χ0) is 9.14. The minimum absolute atomic E-state index is 0.196. The van der Waals surface area contributed by atoms with Crippen molar-refractivity contribution in [3.63, 3.8) is 0 Å². The maximum Gasteiger partial charge on any atom is 0.337 e. The third kappa shape index (κ3) is 1.48. The third-order valence-electron chi connectivity index (χ3n) is 1.67. The number of phenols is 1. The summed E-state index contributed by atoms with van der Waals surface area (Å²) in [6, 6.07) is 5.47. The van der Waals surface area contributed by atoms with Gasteiger partial charge in [0.25, 0.3) is 0 Å². The summed E-state index contributed by atoms with van der Waals surface area (Å²) in [5.74, 6) is 0.196. The Bertz CT molecular complexity index is 338. The number of hydrogen-bond acceptors (Lipinski definition) is 2. The molecule has 0 amide bonds. The van der Waals surface area contributed by atoms with Crippen LogP contribution in [-0.2, 0) is 0 Å². The molecular formula is C9H9NO2. The average molecular weight is 163 g/mol. The second-order valence-corrected chi connectivity index (χ2v) is 2.66. The molecule has 1 rings (SSSR count). The van der Waals surface area contributed by atoms with Crippen molar-refractivity contribution in [3.05, 3.63) is 39.0 Å². The van der Waals surface area contributed by atoms with Crippen LogP contribution in [0.2, 0.25) is 0 Å². The Hall–Kier alpha value is -1.69. The Labute approximate surface area is 70.7 Å². The molecule has 0 unspecified atom stereocenters. The van der Waals surface area contributed by atoms with E-state index in [0.29, 0.717) is 5.56 Å². The molecule has 0 aliphatic carbocycles. The zero-order valence-electron chi connectivity index (χ0n) is 6.96. The molecule has 62 valence electrons. The standard InChI is InChI=1S/C9H9NO2/c1-6-3-8(11)4-7(2)9(6)5-10-12/h3-4,11H,1-2H3. The van der Waals surface area contributed by atoms with Gasteiger partial charge in [-0.05, 0) is 37.1 Å². The first-order valence-electron chi connectivity index (χ1n) is 3.53. The number of aryl methyl sites for hydroxylation is 2. The predicted molar refractivity (Wildman–Crippen MR) is 47.3 cm³/mol. The molecule has 0 aromatic heterocycles. The van der Waals surface area contributed by atoms with Crippen LogP contribution in [0.25, 0.3) is 5.01 Å². The molecule has 3 nitrogen and oxygen atoms in total. The molecule has 0 saturated carbocycles. The molecule has 0 radical (unpaired) electrons. The summed E-state index contributed by atoms with van der Waals surface area (Å²) in [6.07, 6.45) is 0. The first kappa shape index (κ1) is 8.41. The van der Waals surface area contributed by atoms with Crippen LogP contribution in [0.4, 0.5) is 0 Å². The Kier molecular flexibility index (Phi) is 2.20. The van der Waals surface area contributed by atoms with Gasteiger partial charge in [0, 0.05) is 5.01 Å². The van der Waals surface area contributed by atoms with Crippen molar-refractivity contribution in [3.8, 4) is 11.8 Å². The molecule has 0 heterocycles. The summed E-state index contributed by atoms with van der Waals surface area (Å²) in [6.45, 7) is 3.58. The molecule has 0 fully saturated rings. The summed E-state index contributed by atoms with van der Waals surface area (Å²) in [4.78, 5) is 0. The van der Waals surface area contributed by atoms with Gasteiger partial charge in [-0.2, -0.15) is 0 Å². The highest BCUT2D eigenvalue weighted by molar-refractivity contribution is 5.48. The van der Waals surface area contributed by atoms with E-state index in [-0.39, 0.29) is 5.75 Å². The zero-order valence-corrected chi connectivity index (χ0v) is 6.96. The van der Waals surface area contributed by atoms with Gasteiger partial charge in [0.05, 0.1) is 0 Å². The Morgan fingerprint density at radius 3 is 2.25 bits per heavy atom. The van der Waals surface area contributed by atoms with E-state index in [4.69, 9.17) is 5.11 Å². The van der Waals surface area contributed by atoms with Crippen molar-refractivity contribution >= 4 is 0 Å². The molecule has 0 atom stereocenters. The minimum Gasteiger partial charge on any atom is -0.508 e. The maximum absolute atomic E-state index is 9.94. The van der Waals surface area contributed by atoms with Crippen molar-refractivity contribution < 1.29 is 5.11 Å². The average Bonchev–Trinajstić information content (AvgIpc) is 1.96. The molecular weight excluding hydrogens is 154 g/mol. The molecule has 1 aromatic rings. The van der Waals surface area contributed by atoms with Gasteiger partial charge in [0.2, 0.25) is 0 Å². The van der Waals surface area contributed by atoms with E-state index in [1.165, 1.54) is 0 Å². The second-order valence-electron chi connectivity index (χ2n) is 2.66. The van der Waals surface area contributed by atoms with Gasteiger partial charge in [-0.1, -0.05) is 0 Å². The Morgan fingerprint density at radius 1 is 1.33 bits per heavy atom. The Morgan fingerprint density at radius 2 is 1.83 bits per heavy atom. The first-order valence-corrected chi connectivity index (χ1v) is 3.53.